The molecule has 1 atom stereocenters. The summed E-state index contributed by atoms with van der Waals surface area (Å²) >= 11 is 0. The number of carboxylic acids is 1. The van der Waals surface area contributed by atoms with Gasteiger partial charge in [0.1, 0.15) is 6.04 Å². The number of hydrogen-bond donors (Lipinski definition) is 3. The number of nitrogens with one attached hydrogen (secondary N) is 2. The third-order valence-corrected chi connectivity index (χ3v) is 3.93. The van der Waals surface area contributed by atoms with Crippen LogP contribution in [0.1, 0.15) is 19.4 Å². The smallest absolute Gasteiger partial charge is 0.326 e. The molecule has 0 heterocycles. The normalized spacial score (nSPS) is 12.0. The lowest BCUT2D eigenvalue weighted by Gasteiger charge is -2.18. The summed E-state index contributed by atoms with van der Waals surface area (Å²) in [5.41, 5.74) is 0.876. The number of hydrogen-bond acceptors (Lipinski definition) is 3. The van der Waals surface area contributed by atoms with Crippen LogP contribution in [0.2, 0.25) is 0 Å². The molecule has 0 saturated carbocycles. The lowest BCUT2D eigenvalue weighted by atomic mass is 10.0. The zero-order valence-corrected chi connectivity index (χ0v) is 14.3. The van der Waals surface area contributed by atoms with E-state index in [2.05, 4.69) is 10.6 Å². The van der Waals surface area contributed by atoms with Crippen molar-refractivity contribution in [3.8, 4) is 0 Å². The Morgan fingerprint density at radius 3 is 2.36 bits per heavy atom. The van der Waals surface area contributed by atoms with Gasteiger partial charge >= 0.3 is 5.97 Å². The first-order valence-electron chi connectivity index (χ1n) is 8.14. The molecule has 3 N–H and O–H groups in total. The van der Waals surface area contributed by atoms with Crippen molar-refractivity contribution in [1.29, 1.82) is 0 Å². The molecule has 132 valence electrons. The van der Waals surface area contributed by atoms with Crippen molar-refractivity contribution in [3.05, 3.63) is 48.0 Å². The van der Waals surface area contributed by atoms with Gasteiger partial charge in [-0.25, -0.2) is 4.79 Å². The molecule has 0 unspecified atom stereocenters. The molecule has 0 bridgehead atoms. The average Bonchev–Trinajstić information content (AvgIpc) is 2.57. The Hall–Kier alpha value is -2.89. The van der Waals surface area contributed by atoms with Gasteiger partial charge < -0.3 is 15.7 Å². The monoisotopic (exact) mass is 342 g/mol. The predicted octanol–water partition coefficient (Wildman–Crippen LogP) is 1.72. The van der Waals surface area contributed by atoms with E-state index in [1.54, 1.807) is 13.8 Å². The van der Waals surface area contributed by atoms with Gasteiger partial charge in [0, 0.05) is 0 Å². The van der Waals surface area contributed by atoms with Crippen molar-refractivity contribution in [1.82, 2.24) is 10.6 Å². The Labute approximate surface area is 146 Å². The van der Waals surface area contributed by atoms with Crippen LogP contribution in [0.15, 0.2) is 42.5 Å². The SMILES string of the molecule is CC(C)[C@@H](NC(=O)CNC(=O)Cc1cccc2ccccc12)C(=O)O. The highest BCUT2D eigenvalue weighted by atomic mass is 16.4. The van der Waals surface area contributed by atoms with Gasteiger partial charge in [0.25, 0.3) is 0 Å². The van der Waals surface area contributed by atoms with E-state index in [4.69, 9.17) is 5.11 Å². The quantitative estimate of drug-likeness (QED) is 0.714. The summed E-state index contributed by atoms with van der Waals surface area (Å²) in [6.07, 6.45) is 0.154. The van der Waals surface area contributed by atoms with Crippen LogP contribution >= 0.6 is 0 Å². The Morgan fingerprint density at radius 1 is 1.00 bits per heavy atom. The number of carboxylic acid groups (broad SMARTS) is 1. The molecule has 0 aromatic heterocycles. The molecular weight excluding hydrogens is 320 g/mol. The highest BCUT2D eigenvalue weighted by Crippen LogP contribution is 2.18. The number of fused-ring (bicyclic) bond motifs is 1. The second-order valence-electron chi connectivity index (χ2n) is 6.22. The Kier molecular flexibility index (Phi) is 6.11. The van der Waals surface area contributed by atoms with Crippen molar-refractivity contribution in [3.63, 3.8) is 0 Å². The van der Waals surface area contributed by atoms with Gasteiger partial charge in [-0.2, -0.15) is 0 Å². The first-order chi connectivity index (χ1) is 11.9. The fourth-order valence-corrected chi connectivity index (χ4v) is 2.60. The van der Waals surface area contributed by atoms with Crippen LogP contribution in [0.5, 0.6) is 0 Å². The molecule has 0 fully saturated rings. The highest BCUT2D eigenvalue weighted by Gasteiger charge is 2.23. The standard InChI is InChI=1S/C19H22N2O4/c1-12(2)18(19(24)25)21-17(23)11-20-16(22)10-14-8-5-7-13-6-3-4-9-15(13)14/h3-9,12,18H,10-11H2,1-2H3,(H,20,22)(H,21,23)(H,24,25)/t18-/m1/s1. The van der Waals surface area contributed by atoms with Gasteiger partial charge in [0.2, 0.25) is 11.8 Å². The maximum absolute atomic E-state index is 12.1. The van der Waals surface area contributed by atoms with Gasteiger partial charge in [-0.1, -0.05) is 56.3 Å². The molecule has 25 heavy (non-hydrogen) atoms. The molecule has 6 heteroatoms. The summed E-state index contributed by atoms with van der Waals surface area (Å²) < 4.78 is 0. The maximum atomic E-state index is 12.1. The molecule has 6 nitrogen and oxygen atoms in total. The topological polar surface area (TPSA) is 95.5 Å². The largest absolute Gasteiger partial charge is 0.480 e. The average molecular weight is 342 g/mol. The molecule has 0 radical (unpaired) electrons. The summed E-state index contributed by atoms with van der Waals surface area (Å²) in [4.78, 5) is 35.0. The van der Waals surface area contributed by atoms with Gasteiger partial charge in [0.05, 0.1) is 13.0 Å². The Balaban J connectivity index is 1.92. The number of carbonyl (C=O) groups is 3. The summed E-state index contributed by atoms with van der Waals surface area (Å²) in [5, 5.41) is 16.1. The van der Waals surface area contributed by atoms with E-state index < -0.39 is 17.9 Å². The van der Waals surface area contributed by atoms with Crippen LogP contribution in [-0.2, 0) is 20.8 Å². The zero-order chi connectivity index (χ0) is 18.4. The van der Waals surface area contributed by atoms with E-state index >= 15 is 0 Å². The van der Waals surface area contributed by atoms with Crippen LogP contribution in [-0.4, -0.2) is 35.5 Å². The molecule has 2 amide bonds. The van der Waals surface area contributed by atoms with Gasteiger partial charge in [-0.3, -0.25) is 9.59 Å². The third-order valence-electron chi connectivity index (χ3n) is 3.93. The van der Waals surface area contributed by atoms with E-state index in [-0.39, 0.29) is 24.8 Å². The van der Waals surface area contributed by atoms with Crippen molar-refractivity contribution < 1.29 is 19.5 Å². The molecule has 0 saturated heterocycles. The van der Waals surface area contributed by atoms with E-state index in [1.807, 2.05) is 42.5 Å². The van der Waals surface area contributed by atoms with Gasteiger partial charge in [0.15, 0.2) is 0 Å². The summed E-state index contributed by atoms with van der Waals surface area (Å²) in [6.45, 7) is 3.16. The number of amides is 2. The second kappa shape index (κ2) is 8.28. The van der Waals surface area contributed by atoms with E-state index in [9.17, 15) is 14.4 Å². The molecule has 0 aliphatic heterocycles. The highest BCUT2D eigenvalue weighted by molar-refractivity contribution is 5.92. The molecule has 2 rings (SSSR count). The van der Waals surface area contributed by atoms with Crippen molar-refractivity contribution in [2.75, 3.05) is 6.54 Å². The number of benzene rings is 2. The van der Waals surface area contributed by atoms with Crippen LogP contribution < -0.4 is 10.6 Å². The summed E-state index contributed by atoms with van der Waals surface area (Å²) in [5.74, 6) is -2.14. The minimum Gasteiger partial charge on any atom is -0.480 e. The molecule has 2 aromatic rings. The van der Waals surface area contributed by atoms with Crippen LogP contribution in [0.3, 0.4) is 0 Å². The van der Waals surface area contributed by atoms with E-state index in [1.165, 1.54) is 0 Å². The first kappa shape index (κ1) is 18.4. The number of carbonyl (C=O) groups excluding carboxylic acids is 2. The maximum Gasteiger partial charge on any atom is 0.326 e. The fraction of sp³-hybridized carbons (Fsp3) is 0.316. The lowest BCUT2D eigenvalue weighted by molar-refractivity contribution is -0.143. The third kappa shape index (κ3) is 5.04. The molecule has 2 aromatic carbocycles. The van der Waals surface area contributed by atoms with Crippen LogP contribution in [0.25, 0.3) is 10.8 Å². The summed E-state index contributed by atoms with van der Waals surface area (Å²) in [6, 6.07) is 12.5. The van der Waals surface area contributed by atoms with Crippen molar-refractivity contribution in [2.45, 2.75) is 26.3 Å². The van der Waals surface area contributed by atoms with Crippen LogP contribution in [0, 0.1) is 5.92 Å². The second-order valence-corrected chi connectivity index (χ2v) is 6.22. The fourth-order valence-electron chi connectivity index (χ4n) is 2.60. The van der Waals surface area contributed by atoms with Crippen LogP contribution in [0.4, 0.5) is 0 Å². The number of aliphatic carboxylic acids is 1. The molecule has 0 spiro atoms. The molecular formula is C19H22N2O4. The number of rotatable bonds is 7. The predicted molar refractivity (Wildman–Crippen MR) is 95.1 cm³/mol. The lowest BCUT2D eigenvalue weighted by Crippen LogP contribution is -2.48. The Morgan fingerprint density at radius 2 is 1.68 bits per heavy atom. The minimum absolute atomic E-state index is 0.154. The van der Waals surface area contributed by atoms with Crippen molar-refractivity contribution >= 4 is 28.6 Å². The Bertz CT molecular complexity index is 781. The minimum atomic E-state index is -1.09. The van der Waals surface area contributed by atoms with Gasteiger partial charge in [-0.15, -0.1) is 0 Å². The zero-order valence-electron chi connectivity index (χ0n) is 14.3. The van der Waals surface area contributed by atoms with Crippen molar-refractivity contribution in [2.24, 2.45) is 5.92 Å². The van der Waals surface area contributed by atoms with Gasteiger partial charge in [-0.05, 0) is 22.3 Å². The molecule has 0 aliphatic rings. The van der Waals surface area contributed by atoms with E-state index in [0.29, 0.717) is 0 Å². The van der Waals surface area contributed by atoms with E-state index in [0.717, 1.165) is 16.3 Å². The molecule has 0 aliphatic carbocycles. The summed E-state index contributed by atoms with van der Waals surface area (Å²) in [7, 11) is 0. The first-order valence-corrected chi connectivity index (χ1v) is 8.14.